The fourth-order valence-electron chi connectivity index (χ4n) is 8.37. The smallest absolute Gasteiger partial charge is 0.102 e. The van der Waals surface area contributed by atoms with E-state index in [0.717, 1.165) is 44.9 Å². The molecule has 0 aromatic rings. The van der Waals surface area contributed by atoms with Gasteiger partial charge in [0.25, 0.3) is 0 Å². The minimum Gasteiger partial charge on any atom is -0.396 e. The van der Waals surface area contributed by atoms with Crippen molar-refractivity contribution in [2.24, 2.45) is 34.5 Å². The van der Waals surface area contributed by atoms with Gasteiger partial charge in [0.15, 0.2) is 0 Å². The maximum Gasteiger partial charge on any atom is 0.102 e. The lowest BCUT2D eigenvalue weighted by Gasteiger charge is -2.62. The third kappa shape index (κ3) is 3.57. The molecule has 0 spiro atoms. The zero-order valence-electron chi connectivity index (χ0n) is 20.0. The first-order valence-corrected chi connectivity index (χ1v) is 12.6. The van der Waals surface area contributed by atoms with Crippen LogP contribution in [0.5, 0.6) is 0 Å². The molecule has 0 heterocycles. The molecule has 0 radical (unpaired) electrons. The Hall–Kier alpha value is -0.680. The maximum absolute atomic E-state index is 11.6. The maximum atomic E-state index is 11.6. The summed E-state index contributed by atoms with van der Waals surface area (Å²) < 4.78 is 0. The molecule has 3 fully saturated rings. The number of hydrogen-bond donors (Lipinski definition) is 4. The summed E-state index contributed by atoms with van der Waals surface area (Å²) in [5.41, 5.74) is 1.25. The first-order valence-electron chi connectivity index (χ1n) is 12.6. The fourth-order valence-corrected chi connectivity index (χ4v) is 8.37. The summed E-state index contributed by atoms with van der Waals surface area (Å²) in [5.74, 6) is 1.54. The molecule has 0 amide bonds. The molecule has 0 bridgehead atoms. The third-order valence-corrected chi connectivity index (χ3v) is 10.2. The van der Waals surface area contributed by atoms with Gasteiger partial charge >= 0.3 is 0 Å². The molecule has 176 valence electrons. The highest BCUT2D eigenvalue weighted by molar-refractivity contribution is 5.33. The highest BCUT2D eigenvalue weighted by atomic mass is 16.3. The van der Waals surface area contributed by atoms with Crippen molar-refractivity contribution in [1.82, 2.24) is 0 Å². The Labute approximate surface area is 188 Å². The predicted octanol–water partition coefficient (Wildman–Crippen LogP) is 4.37. The van der Waals surface area contributed by atoms with E-state index in [1.165, 1.54) is 11.1 Å². The molecule has 3 saturated carbocycles. The Morgan fingerprint density at radius 1 is 1.10 bits per heavy atom. The molecule has 4 N–H and O–H groups in total. The SMILES string of the molecule is CC(C)=CCC[C@@H](CO)[C@H]1CC[C@H]2C3=C[C@@H](O)[C@@]4(O)C[C@H](O)CC[C@]4(C)[C@H]3CC[C@]12C. The summed E-state index contributed by atoms with van der Waals surface area (Å²) in [6.07, 6.45) is 11.0. The molecule has 9 atom stereocenters. The van der Waals surface area contributed by atoms with Crippen LogP contribution in [-0.4, -0.2) is 44.8 Å². The van der Waals surface area contributed by atoms with Crippen molar-refractivity contribution in [3.8, 4) is 0 Å². The number of allylic oxidation sites excluding steroid dienone is 3. The van der Waals surface area contributed by atoms with Gasteiger partial charge in [0, 0.05) is 18.4 Å². The summed E-state index contributed by atoms with van der Waals surface area (Å²) in [6.45, 7) is 9.11. The van der Waals surface area contributed by atoms with Crippen molar-refractivity contribution >= 4 is 0 Å². The minimum absolute atomic E-state index is 0.153. The molecule has 0 aromatic carbocycles. The predicted molar refractivity (Wildman–Crippen MR) is 123 cm³/mol. The van der Waals surface area contributed by atoms with Crippen molar-refractivity contribution in [3.63, 3.8) is 0 Å². The quantitative estimate of drug-likeness (QED) is 0.487. The number of aliphatic hydroxyl groups excluding tert-OH is 3. The molecular weight excluding hydrogens is 388 g/mol. The average Bonchev–Trinajstić information content (AvgIpc) is 3.05. The van der Waals surface area contributed by atoms with E-state index in [0.29, 0.717) is 24.2 Å². The average molecular weight is 433 g/mol. The molecule has 0 saturated heterocycles. The monoisotopic (exact) mass is 432 g/mol. The zero-order chi connectivity index (χ0) is 22.6. The number of aliphatic hydroxyl groups is 4. The van der Waals surface area contributed by atoms with Crippen LogP contribution < -0.4 is 0 Å². The second kappa shape index (κ2) is 8.27. The molecule has 4 rings (SSSR count). The first-order chi connectivity index (χ1) is 14.6. The Bertz CT molecular complexity index is 740. The van der Waals surface area contributed by atoms with Crippen molar-refractivity contribution < 1.29 is 20.4 Å². The summed E-state index contributed by atoms with van der Waals surface area (Å²) in [6, 6.07) is 0. The van der Waals surface area contributed by atoms with E-state index in [1.807, 2.05) is 6.08 Å². The number of fused-ring (bicyclic) bond motifs is 5. The van der Waals surface area contributed by atoms with Crippen molar-refractivity contribution in [1.29, 1.82) is 0 Å². The van der Waals surface area contributed by atoms with Gasteiger partial charge in [-0.3, -0.25) is 0 Å². The molecule has 0 aromatic heterocycles. The topological polar surface area (TPSA) is 80.9 Å². The van der Waals surface area contributed by atoms with Crippen molar-refractivity contribution in [2.45, 2.75) is 103 Å². The van der Waals surface area contributed by atoms with Crippen LogP contribution in [0.25, 0.3) is 0 Å². The van der Waals surface area contributed by atoms with Gasteiger partial charge in [-0.2, -0.15) is 0 Å². The van der Waals surface area contributed by atoms with E-state index >= 15 is 0 Å². The van der Waals surface area contributed by atoms with Crippen LogP contribution in [0.3, 0.4) is 0 Å². The Morgan fingerprint density at radius 3 is 2.52 bits per heavy atom. The third-order valence-electron chi connectivity index (χ3n) is 10.2. The Morgan fingerprint density at radius 2 is 1.84 bits per heavy atom. The van der Waals surface area contributed by atoms with E-state index in [4.69, 9.17) is 0 Å². The van der Waals surface area contributed by atoms with Crippen LogP contribution in [0.1, 0.15) is 85.5 Å². The van der Waals surface area contributed by atoms with Gasteiger partial charge in [0.05, 0.1) is 6.10 Å². The molecule has 4 aliphatic rings. The van der Waals surface area contributed by atoms with E-state index in [1.54, 1.807) is 0 Å². The van der Waals surface area contributed by atoms with Gasteiger partial charge in [-0.15, -0.1) is 0 Å². The standard InChI is InChI=1S/C27H44O4/c1-17(2)6-5-7-18(16-28)21-8-9-22-20-14-24(30)27(31)15-19(29)10-13-26(27,4)23(20)11-12-25(21,22)3/h6,14,18-19,21-24,28-31H,5,7-13,15-16H2,1-4H3/t18-,19+,21+,22-,23-,24+,25+,26+,27-/m0/s1. The lowest BCUT2D eigenvalue weighted by molar-refractivity contribution is -0.210. The highest BCUT2D eigenvalue weighted by Gasteiger charge is 2.65. The fraction of sp³-hybridized carbons (Fsp3) is 0.852. The summed E-state index contributed by atoms with van der Waals surface area (Å²) in [5, 5.41) is 43.1. The van der Waals surface area contributed by atoms with E-state index in [9.17, 15) is 20.4 Å². The molecule has 4 heteroatoms. The normalized spacial score (nSPS) is 47.6. The molecule has 0 aliphatic heterocycles. The van der Waals surface area contributed by atoms with Crippen LogP contribution >= 0.6 is 0 Å². The molecule has 31 heavy (non-hydrogen) atoms. The Kier molecular flexibility index (Phi) is 6.26. The van der Waals surface area contributed by atoms with E-state index in [2.05, 4.69) is 33.8 Å². The second-order valence-electron chi connectivity index (χ2n) is 12.0. The van der Waals surface area contributed by atoms with Gasteiger partial charge in [-0.1, -0.05) is 37.1 Å². The second-order valence-corrected chi connectivity index (χ2v) is 12.0. The van der Waals surface area contributed by atoms with Crippen LogP contribution in [0.2, 0.25) is 0 Å². The van der Waals surface area contributed by atoms with Gasteiger partial charge in [0.1, 0.15) is 11.7 Å². The van der Waals surface area contributed by atoms with Crippen LogP contribution in [0, 0.1) is 34.5 Å². The van der Waals surface area contributed by atoms with E-state index in [-0.39, 0.29) is 29.8 Å². The van der Waals surface area contributed by atoms with Crippen LogP contribution in [-0.2, 0) is 0 Å². The zero-order valence-corrected chi connectivity index (χ0v) is 20.0. The van der Waals surface area contributed by atoms with Gasteiger partial charge < -0.3 is 20.4 Å². The first kappa shape index (κ1) is 23.5. The van der Waals surface area contributed by atoms with Crippen molar-refractivity contribution in [2.75, 3.05) is 6.61 Å². The number of hydrogen-bond acceptors (Lipinski definition) is 4. The molecule has 4 aliphatic carbocycles. The summed E-state index contributed by atoms with van der Waals surface area (Å²) in [7, 11) is 0. The molecule has 4 nitrogen and oxygen atoms in total. The molecular formula is C27H44O4. The lowest BCUT2D eigenvalue weighted by atomic mass is 9.45. The van der Waals surface area contributed by atoms with Crippen LogP contribution in [0.4, 0.5) is 0 Å². The van der Waals surface area contributed by atoms with Gasteiger partial charge in [-0.25, -0.2) is 0 Å². The highest BCUT2D eigenvalue weighted by Crippen LogP contribution is 2.67. The van der Waals surface area contributed by atoms with Gasteiger partial charge in [-0.05, 0) is 94.3 Å². The van der Waals surface area contributed by atoms with Gasteiger partial charge in [0.2, 0.25) is 0 Å². The summed E-state index contributed by atoms with van der Waals surface area (Å²) >= 11 is 0. The molecule has 0 unspecified atom stereocenters. The van der Waals surface area contributed by atoms with Crippen molar-refractivity contribution in [3.05, 3.63) is 23.3 Å². The lowest BCUT2D eigenvalue weighted by Crippen LogP contribution is -2.65. The minimum atomic E-state index is -1.23. The summed E-state index contributed by atoms with van der Waals surface area (Å²) in [4.78, 5) is 0. The number of rotatable bonds is 5. The Balaban J connectivity index is 1.62. The largest absolute Gasteiger partial charge is 0.396 e. The van der Waals surface area contributed by atoms with Crippen LogP contribution in [0.15, 0.2) is 23.3 Å². The van der Waals surface area contributed by atoms with E-state index < -0.39 is 17.8 Å².